The molecule has 0 saturated heterocycles. The summed E-state index contributed by atoms with van der Waals surface area (Å²) in [5.41, 5.74) is 1.02. The highest BCUT2D eigenvalue weighted by Gasteiger charge is 2.23. The van der Waals surface area contributed by atoms with Crippen molar-refractivity contribution < 1.29 is 5.11 Å². The molecule has 94 valence electrons. The van der Waals surface area contributed by atoms with Gasteiger partial charge in [0, 0.05) is 8.95 Å². The first-order valence-corrected chi connectivity index (χ1v) is 7.90. The van der Waals surface area contributed by atoms with Gasteiger partial charge in [-0.2, -0.15) is 0 Å². The summed E-state index contributed by atoms with van der Waals surface area (Å²) >= 11 is 7.01. The maximum absolute atomic E-state index is 10.5. The van der Waals surface area contributed by atoms with E-state index >= 15 is 0 Å². The molecule has 0 heterocycles. The van der Waals surface area contributed by atoms with Crippen LogP contribution in [-0.2, 0) is 0 Å². The second-order valence-electron chi connectivity index (χ2n) is 4.86. The van der Waals surface area contributed by atoms with E-state index in [0.717, 1.165) is 27.4 Å². The van der Waals surface area contributed by atoms with Crippen molar-refractivity contribution in [3.8, 4) is 0 Å². The molecular weight excluding hydrogens is 344 g/mol. The van der Waals surface area contributed by atoms with Gasteiger partial charge in [0.05, 0.1) is 6.10 Å². The number of aliphatic hydroxyl groups is 1. The highest BCUT2D eigenvalue weighted by atomic mass is 79.9. The molecule has 0 radical (unpaired) electrons. The molecule has 0 aliphatic heterocycles. The molecule has 1 nitrogen and oxygen atoms in total. The number of hydrogen-bond acceptors (Lipinski definition) is 1. The zero-order valence-electron chi connectivity index (χ0n) is 9.83. The maximum Gasteiger partial charge on any atom is 0.0829 e. The van der Waals surface area contributed by atoms with Gasteiger partial charge in [-0.05, 0) is 42.5 Å². The highest BCUT2D eigenvalue weighted by molar-refractivity contribution is 9.11. The van der Waals surface area contributed by atoms with Crippen LogP contribution < -0.4 is 0 Å². The Morgan fingerprint density at radius 3 is 2.35 bits per heavy atom. The summed E-state index contributed by atoms with van der Waals surface area (Å²) in [4.78, 5) is 0. The van der Waals surface area contributed by atoms with E-state index in [-0.39, 0.29) is 6.10 Å². The topological polar surface area (TPSA) is 20.2 Å². The van der Waals surface area contributed by atoms with E-state index in [9.17, 15) is 5.11 Å². The lowest BCUT2D eigenvalue weighted by Crippen LogP contribution is -2.12. The summed E-state index contributed by atoms with van der Waals surface area (Å²) in [5, 5.41) is 10.5. The predicted molar refractivity (Wildman–Crippen MR) is 78.0 cm³/mol. The average molecular weight is 362 g/mol. The molecule has 1 fully saturated rings. The van der Waals surface area contributed by atoms with E-state index in [2.05, 4.69) is 31.9 Å². The molecule has 1 aromatic carbocycles. The number of halogens is 2. The van der Waals surface area contributed by atoms with E-state index in [1.807, 2.05) is 18.2 Å². The molecule has 1 N–H and O–H groups in total. The maximum atomic E-state index is 10.5. The third kappa shape index (κ3) is 3.55. The Balaban J connectivity index is 2.16. The van der Waals surface area contributed by atoms with E-state index < -0.39 is 0 Å². The van der Waals surface area contributed by atoms with Crippen molar-refractivity contribution in [1.82, 2.24) is 0 Å². The highest BCUT2D eigenvalue weighted by Crippen LogP contribution is 2.37. The summed E-state index contributed by atoms with van der Waals surface area (Å²) in [7, 11) is 0. The number of hydrogen-bond donors (Lipinski definition) is 1. The van der Waals surface area contributed by atoms with Crippen LogP contribution in [0.1, 0.15) is 50.2 Å². The lowest BCUT2D eigenvalue weighted by atomic mass is 9.89. The number of aliphatic hydroxyl groups excluding tert-OH is 1. The van der Waals surface area contributed by atoms with Crippen molar-refractivity contribution >= 4 is 31.9 Å². The number of benzene rings is 1. The molecular formula is C14H18Br2O. The minimum atomic E-state index is -0.333. The third-order valence-electron chi connectivity index (χ3n) is 3.62. The second kappa shape index (κ2) is 6.35. The van der Waals surface area contributed by atoms with E-state index in [1.54, 1.807) is 0 Å². The van der Waals surface area contributed by atoms with Gasteiger partial charge in [0.2, 0.25) is 0 Å². The van der Waals surface area contributed by atoms with Crippen LogP contribution in [0.15, 0.2) is 27.1 Å². The Morgan fingerprint density at radius 1 is 1.06 bits per heavy atom. The third-order valence-corrected chi connectivity index (χ3v) is 4.84. The smallest absolute Gasteiger partial charge is 0.0829 e. The van der Waals surface area contributed by atoms with Crippen molar-refractivity contribution in [1.29, 1.82) is 0 Å². The van der Waals surface area contributed by atoms with Crippen molar-refractivity contribution in [2.75, 3.05) is 0 Å². The van der Waals surface area contributed by atoms with Gasteiger partial charge in [0.1, 0.15) is 0 Å². The van der Waals surface area contributed by atoms with E-state index in [0.29, 0.717) is 5.92 Å². The Labute approximate surface area is 120 Å². The number of rotatable bonds is 2. The fourth-order valence-electron chi connectivity index (χ4n) is 2.62. The van der Waals surface area contributed by atoms with Crippen LogP contribution in [0.25, 0.3) is 0 Å². The minimum absolute atomic E-state index is 0.333. The van der Waals surface area contributed by atoms with Gasteiger partial charge >= 0.3 is 0 Å². The van der Waals surface area contributed by atoms with Crippen LogP contribution in [0.3, 0.4) is 0 Å². The molecule has 0 aromatic heterocycles. The Bertz CT molecular complexity index is 370. The molecule has 3 heteroatoms. The van der Waals surface area contributed by atoms with Crippen LogP contribution in [-0.4, -0.2) is 5.11 Å². The largest absolute Gasteiger partial charge is 0.388 e. The molecule has 1 atom stereocenters. The first kappa shape index (κ1) is 13.6. The fourth-order valence-corrected chi connectivity index (χ4v) is 3.48. The zero-order chi connectivity index (χ0) is 12.3. The van der Waals surface area contributed by atoms with Crippen LogP contribution in [0.4, 0.5) is 0 Å². The summed E-state index contributed by atoms with van der Waals surface area (Å²) in [6, 6.07) is 6.02. The lowest BCUT2D eigenvalue weighted by molar-refractivity contribution is 0.0981. The second-order valence-corrected chi connectivity index (χ2v) is 6.63. The molecule has 1 aliphatic carbocycles. The molecule has 2 rings (SSSR count). The first-order valence-electron chi connectivity index (χ1n) is 6.31. The predicted octanol–water partition coefficient (Wildman–Crippen LogP) is 5.22. The van der Waals surface area contributed by atoms with Crippen LogP contribution in [0.2, 0.25) is 0 Å². The Morgan fingerprint density at radius 2 is 1.71 bits per heavy atom. The van der Waals surface area contributed by atoms with E-state index in [1.165, 1.54) is 25.7 Å². The first-order chi connectivity index (χ1) is 8.18. The van der Waals surface area contributed by atoms with Gasteiger partial charge in [0.15, 0.2) is 0 Å². The molecule has 0 spiro atoms. The minimum Gasteiger partial charge on any atom is -0.388 e. The lowest BCUT2D eigenvalue weighted by Gasteiger charge is -2.22. The van der Waals surface area contributed by atoms with Gasteiger partial charge in [0.25, 0.3) is 0 Å². The van der Waals surface area contributed by atoms with Crippen molar-refractivity contribution in [3.05, 3.63) is 32.7 Å². The zero-order valence-corrected chi connectivity index (χ0v) is 13.0. The average Bonchev–Trinajstić information content (AvgIpc) is 2.60. The monoisotopic (exact) mass is 360 g/mol. The van der Waals surface area contributed by atoms with E-state index in [4.69, 9.17) is 0 Å². The molecule has 1 aromatic rings. The Hall–Kier alpha value is 0.140. The van der Waals surface area contributed by atoms with Gasteiger partial charge in [-0.15, -0.1) is 0 Å². The van der Waals surface area contributed by atoms with Crippen molar-refractivity contribution in [3.63, 3.8) is 0 Å². The van der Waals surface area contributed by atoms with Gasteiger partial charge in [-0.1, -0.05) is 57.5 Å². The van der Waals surface area contributed by atoms with Crippen LogP contribution in [0.5, 0.6) is 0 Å². The van der Waals surface area contributed by atoms with Crippen molar-refractivity contribution in [2.24, 2.45) is 5.92 Å². The molecule has 17 heavy (non-hydrogen) atoms. The molecule has 1 aliphatic rings. The SMILES string of the molecule is OC(c1cc(Br)ccc1Br)C1CCCCCC1. The molecule has 0 bridgehead atoms. The van der Waals surface area contributed by atoms with Crippen LogP contribution in [0, 0.1) is 5.92 Å². The van der Waals surface area contributed by atoms with Gasteiger partial charge < -0.3 is 5.11 Å². The fraction of sp³-hybridized carbons (Fsp3) is 0.571. The summed E-state index contributed by atoms with van der Waals surface area (Å²) in [6.45, 7) is 0. The van der Waals surface area contributed by atoms with Gasteiger partial charge in [-0.25, -0.2) is 0 Å². The summed E-state index contributed by atoms with van der Waals surface area (Å²) in [5.74, 6) is 0.420. The molecule has 0 amide bonds. The molecule has 1 saturated carbocycles. The van der Waals surface area contributed by atoms with Crippen molar-refractivity contribution in [2.45, 2.75) is 44.6 Å². The van der Waals surface area contributed by atoms with Crippen LogP contribution >= 0.6 is 31.9 Å². The normalized spacial score (nSPS) is 19.9. The summed E-state index contributed by atoms with van der Waals surface area (Å²) in [6.07, 6.45) is 7.13. The Kier molecular flexibility index (Phi) is 5.07. The van der Waals surface area contributed by atoms with Gasteiger partial charge in [-0.3, -0.25) is 0 Å². The standard InChI is InChI=1S/C14H18Br2O/c15-11-7-8-13(16)12(9-11)14(17)10-5-3-1-2-4-6-10/h7-10,14,17H,1-6H2. The molecule has 1 unspecified atom stereocenters. The summed E-state index contributed by atoms with van der Waals surface area (Å²) < 4.78 is 2.04. The quantitative estimate of drug-likeness (QED) is 0.716.